The van der Waals surface area contributed by atoms with Crippen LogP contribution in [0.5, 0.6) is 0 Å². The highest BCUT2D eigenvalue weighted by Crippen LogP contribution is 2.41. The Kier molecular flexibility index (Phi) is 9.56. The molecule has 0 fully saturated rings. The quantitative estimate of drug-likeness (QED) is 0.182. The number of benzene rings is 1. The first-order chi connectivity index (χ1) is 16.8. The Hall–Kier alpha value is -2.59. The molecule has 2 heterocycles. The van der Waals surface area contributed by atoms with Crippen molar-refractivity contribution in [3.8, 4) is 11.3 Å². The molecule has 1 aromatic carbocycles. The lowest BCUT2D eigenvalue weighted by molar-refractivity contribution is 0.195. The Morgan fingerprint density at radius 3 is 2.66 bits per heavy atom. The molecule has 2 N–H and O–H groups in total. The number of pyridine rings is 1. The van der Waals surface area contributed by atoms with Crippen molar-refractivity contribution in [1.29, 1.82) is 0 Å². The van der Waals surface area contributed by atoms with E-state index in [0.29, 0.717) is 0 Å². The monoisotopic (exact) mass is 475 g/mol. The maximum atomic E-state index is 10.6. The van der Waals surface area contributed by atoms with Crippen molar-refractivity contribution in [2.75, 3.05) is 11.9 Å². The van der Waals surface area contributed by atoms with Crippen LogP contribution in [0.1, 0.15) is 90.5 Å². The third kappa shape index (κ3) is 6.55. The molecular weight excluding hydrogens is 430 g/mol. The lowest BCUT2D eigenvalue weighted by atomic mass is 9.80. The number of fused-ring (bicyclic) bond motifs is 1. The van der Waals surface area contributed by atoms with E-state index >= 15 is 0 Å². The van der Waals surface area contributed by atoms with E-state index in [9.17, 15) is 5.11 Å². The highest BCUT2D eigenvalue weighted by Gasteiger charge is 2.27. The van der Waals surface area contributed by atoms with Crippen LogP contribution < -0.4 is 5.32 Å². The first-order valence-electron chi connectivity index (χ1n) is 13.5. The lowest BCUT2D eigenvalue weighted by Gasteiger charge is -2.25. The Balaban J connectivity index is 2.15. The van der Waals surface area contributed by atoms with Gasteiger partial charge in [0.05, 0.1) is 17.5 Å². The lowest BCUT2D eigenvalue weighted by Crippen LogP contribution is -2.16. The predicted octanol–water partition coefficient (Wildman–Crippen LogP) is 8.30. The first kappa shape index (κ1) is 27.0. The van der Waals surface area contributed by atoms with Crippen LogP contribution in [0.25, 0.3) is 22.2 Å². The van der Waals surface area contributed by atoms with Gasteiger partial charge in [0, 0.05) is 41.4 Å². The van der Waals surface area contributed by atoms with E-state index in [0.717, 1.165) is 43.6 Å². The summed E-state index contributed by atoms with van der Waals surface area (Å²) in [5, 5.41) is 15.5. The number of aliphatic hydroxyl groups is 1. The molecule has 1 unspecified atom stereocenters. The second-order valence-electron chi connectivity index (χ2n) is 10.6. The van der Waals surface area contributed by atoms with Gasteiger partial charge in [0.15, 0.2) is 0 Å². The van der Waals surface area contributed by atoms with Crippen LogP contribution >= 0.6 is 0 Å². The Morgan fingerprint density at radius 2 is 1.97 bits per heavy atom. The fraction of sp³-hybridized carbons (Fsp3) is 0.516. The Bertz CT molecular complexity index is 1110. The molecule has 0 radical (unpaired) electrons. The van der Waals surface area contributed by atoms with Crippen LogP contribution in [0.2, 0.25) is 0 Å². The smallest absolute Gasteiger partial charge is 0.0938 e. The fourth-order valence-corrected chi connectivity index (χ4v) is 5.14. The summed E-state index contributed by atoms with van der Waals surface area (Å²) in [6.45, 7) is 16.8. The number of aryl methyl sites for hydroxylation is 1. The molecule has 190 valence electrons. The zero-order valence-electron chi connectivity index (χ0n) is 22.5. The summed E-state index contributed by atoms with van der Waals surface area (Å²) in [4.78, 5) is 4.58. The van der Waals surface area contributed by atoms with Gasteiger partial charge in [-0.1, -0.05) is 46.1 Å². The number of nitrogens with one attached hydrogen (secondary N) is 1. The second kappa shape index (κ2) is 12.4. The number of hydrogen-bond acceptors (Lipinski definition) is 3. The summed E-state index contributed by atoms with van der Waals surface area (Å²) in [5.41, 5.74) is 6.86. The zero-order valence-corrected chi connectivity index (χ0v) is 22.5. The molecule has 4 heteroatoms. The van der Waals surface area contributed by atoms with Gasteiger partial charge >= 0.3 is 0 Å². The summed E-state index contributed by atoms with van der Waals surface area (Å²) in [6, 6.07) is 10.9. The normalized spacial score (nSPS) is 12.7. The number of rotatable bonds is 14. The molecule has 0 saturated carbocycles. The van der Waals surface area contributed by atoms with E-state index in [-0.39, 0.29) is 5.41 Å². The average molecular weight is 476 g/mol. The number of anilines is 1. The summed E-state index contributed by atoms with van der Waals surface area (Å²) in [7, 11) is 0. The van der Waals surface area contributed by atoms with Gasteiger partial charge in [-0.15, -0.1) is 6.58 Å². The van der Waals surface area contributed by atoms with Crippen molar-refractivity contribution in [2.24, 2.45) is 5.41 Å². The van der Waals surface area contributed by atoms with Crippen molar-refractivity contribution in [2.45, 2.75) is 92.2 Å². The molecule has 3 aromatic rings. The van der Waals surface area contributed by atoms with Crippen LogP contribution in [0, 0.1) is 5.41 Å². The number of nitrogens with zero attached hydrogens (tertiary/aromatic N) is 2. The molecule has 4 nitrogen and oxygen atoms in total. The summed E-state index contributed by atoms with van der Waals surface area (Å²) >= 11 is 0. The Labute approximate surface area is 212 Å². The molecule has 0 amide bonds. The molecule has 0 aliphatic heterocycles. The van der Waals surface area contributed by atoms with Gasteiger partial charge in [-0.05, 0) is 80.8 Å². The minimum absolute atomic E-state index is 0.118. The molecule has 2 aromatic heterocycles. The molecular formula is C31H45N3O. The van der Waals surface area contributed by atoms with Gasteiger partial charge in [-0.3, -0.25) is 4.98 Å². The number of unbranched alkanes of at least 4 members (excludes halogenated alkanes) is 3. The highest BCUT2D eigenvalue weighted by atomic mass is 16.3. The molecule has 0 aliphatic rings. The molecule has 0 aliphatic carbocycles. The van der Waals surface area contributed by atoms with Gasteiger partial charge in [-0.25, -0.2) is 0 Å². The minimum atomic E-state index is -0.628. The van der Waals surface area contributed by atoms with Crippen molar-refractivity contribution in [3.63, 3.8) is 0 Å². The summed E-state index contributed by atoms with van der Waals surface area (Å²) in [6.07, 6.45) is 11.2. The van der Waals surface area contributed by atoms with Gasteiger partial charge in [0.1, 0.15) is 0 Å². The van der Waals surface area contributed by atoms with E-state index in [4.69, 9.17) is 0 Å². The highest BCUT2D eigenvalue weighted by molar-refractivity contribution is 5.94. The van der Waals surface area contributed by atoms with E-state index in [1.54, 1.807) is 13.1 Å². The first-order valence-corrected chi connectivity index (χ1v) is 13.5. The molecule has 0 spiro atoms. The maximum Gasteiger partial charge on any atom is 0.0938 e. The van der Waals surface area contributed by atoms with Crippen LogP contribution in [0.3, 0.4) is 0 Å². The summed E-state index contributed by atoms with van der Waals surface area (Å²) in [5.74, 6) is 0. The molecule has 0 saturated heterocycles. The van der Waals surface area contributed by atoms with Crippen molar-refractivity contribution >= 4 is 16.6 Å². The third-order valence-corrected chi connectivity index (χ3v) is 7.01. The Morgan fingerprint density at radius 1 is 1.17 bits per heavy atom. The average Bonchev–Trinajstić information content (AvgIpc) is 3.14. The topological polar surface area (TPSA) is 50.1 Å². The van der Waals surface area contributed by atoms with Gasteiger partial charge < -0.3 is 15.0 Å². The van der Waals surface area contributed by atoms with E-state index in [1.165, 1.54) is 53.5 Å². The molecule has 3 rings (SSSR count). The molecule has 0 bridgehead atoms. The van der Waals surface area contributed by atoms with Gasteiger partial charge in [0.25, 0.3) is 0 Å². The summed E-state index contributed by atoms with van der Waals surface area (Å²) < 4.78 is 2.40. The zero-order chi connectivity index (χ0) is 25.4. The second-order valence-corrected chi connectivity index (χ2v) is 10.6. The number of aromatic nitrogens is 2. The van der Waals surface area contributed by atoms with Crippen molar-refractivity contribution in [1.82, 2.24) is 9.55 Å². The van der Waals surface area contributed by atoms with Crippen LogP contribution in [-0.2, 0) is 13.0 Å². The van der Waals surface area contributed by atoms with Crippen LogP contribution in [0.4, 0.5) is 5.69 Å². The molecule has 1 atom stereocenters. The van der Waals surface area contributed by atoms with E-state index in [1.807, 2.05) is 12.1 Å². The van der Waals surface area contributed by atoms with Crippen LogP contribution in [-0.4, -0.2) is 21.2 Å². The van der Waals surface area contributed by atoms with Crippen molar-refractivity contribution in [3.05, 3.63) is 60.4 Å². The molecule has 35 heavy (non-hydrogen) atoms. The minimum Gasteiger partial charge on any atom is -0.387 e. The van der Waals surface area contributed by atoms with E-state index < -0.39 is 6.10 Å². The largest absolute Gasteiger partial charge is 0.387 e. The third-order valence-electron chi connectivity index (χ3n) is 7.01. The number of aliphatic hydroxyl groups excluding tert-OH is 1. The fourth-order valence-electron chi connectivity index (χ4n) is 5.14. The number of hydrogen-bond donors (Lipinski definition) is 2. The van der Waals surface area contributed by atoms with Crippen molar-refractivity contribution < 1.29 is 5.11 Å². The van der Waals surface area contributed by atoms with Crippen LogP contribution in [0.15, 0.2) is 49.2 Å². The SMILES string of the molecule is C=CCCC(C)(C)Cc1c(-c2cccnc2C(C)O)n(CC)c2ccc(NCCCCCC)cc12. The maximum absolute atomic E-state index is 10.6. The predicted molar refractivity (Wildman–Crippen MR) is 151 cm³/mol. The van der Waals surface area contributed by atoms with Gasteiger partial charge in [0.2, 0.25) is 0 Å². The number of allylic oxidation sites excluding steroid dienone is 1. The van der Waals surface area contributed by atoms with E-state index in [2.05, 4.69) is 73.4 Å². The van der Waals surface area contributed by atoms with Gasteiger partial charge in [-0.2, -0.15) is 0 Å². The standard InChI is InChI=1S/C31H45N3O/c1-7-10-12-13-19-32-24-16-17-28-26(21-24)27(22-31(5,6)18-11-8-2)30(34(28)9-3)25-15-14-20-33-29(25)23(4)35/h8,14-17,20-21,23,32,35H,2,7,9-13,18-19,22H2,1,3-6H3.